The molecule has 1 saturated heterocycles. The fraction of sp³-hybridized carbons (Fsp3) is 0.526. The van der Waals surface area contributed by atoms with Gasteiger partial charge in [0.05, 0.1) is 19.1 Å². The van der Waals surface area contributed by atoms with E-state index < -0.39 is 22.2 Å². The Hall–Kier alpha value is -2.82. The number of nitrogens with zero attached hydrogens (tertiary/aromatic N) is 2. The molecule has 0 aliphatic carbocycles. The molecule has 0 atom stereocenters. The molecule has 16 heteroatoms. The molecule has 1 fully saturated rings. The molecule has 5 N–H and O–H groups in total. The van der Waals surface area contributed by atoms with Crippen molar-refractivity contribution in [3.63, 3.8) is 0 Å². The van der Waals surface area contributed by atoms with E-state index >= 15 is 0 Å². The molecule has 1 aliphatic heterocycles. The number of carbonyl (C=O) groups excluding carboxylic acids is 1. The summed E-state index contributed by atoms with van der Waals surface area (Å²) in [4.78, 5) is 24.8. The highest BCUT2D eigenvalue weighted by Crippen LogP contribution is 2.24. The summed E-state index contributed by atoms with van der Waals surface area (Å²) in [5.41, 5.74) is 5.59. The maximum absolute atomic E-state index is 12.7. The predicted octanol–water partition coefficient (Wildman–Crippen LogP) is 0.415. The molecule has 35 heavy (non-hydrogen) atoms. The van der Waals surface area contributed by atoms with Gasteiger partial charge in [0.25, 0.3) is 0 Å². The molecule has 198 valence electrons. The van der Waals surface area contributed by atoms with Crippen LogP contribution in [-0.2, 0) is 19.6 Å². The fourth-order valence-electron chi connectivity index (χ4n) is 2.74. The molecule has 0 radical (unpaired) electrons. The smallest absolute Gasteiger partial charge is 0.475 e. The lowest BCUT2D eigenvalue weighted by Gasteiger charge is -2.30. The number of pyridine rings is 1. The summed E-state index contributed by atoms with van der Waals surface area (Å²) in [5.74, 6) is -3.04. The first kappa shape index (κ1) is 30.2. The third kappa shape index (κ3) is 9.75. The molecule has 1 amide bonds. The molecule has 0 bridgehead atoms. The second kappa shape index (κ2) is 13.9. The number of nitrogens with one attached hydrogen (secondary N) is 1. The molecule has 1 aromatic rings. The number of aliphatic carboxylic acids is 1. The predicted molar refractivity (Wildman–Crippen MR) is 113 cm³/mol. The van der Waals surface area contributed by atoms with Crippen molar-refractivity contribution in [1.82, 2.24) is 14.6 Å². The van der Waals surface area contributed by atoms with Crippen LogP contribution < -0.4 is 15.8 Å². The summed E-state index contributed by atoms with van der Waals surface area (Å²) >= 11 is 0. The molecule has 0 aromatic carbocycles. The van der Waals surface area contributed by atoms with E-state index in [0.29, 0.717) is 19.2 Å². The van der Waals surface area contributed by atoms with Crippen molar-refractivity contribution in [2.75, 3.05) is 39.4 Å². The van der Waals surface area contributed by atoms with Gasteiger partial charge in [0.15, 0.2) is 0 Å². The monoisotopic (exact) mass is 530 g/mol. The number of rotatable bonds is 9. The summed E-state index contributed by atoms with van der Waals surface area (Å²) in [6.45, 7) is 0.432. The number of aromatic nitrogens is 1. The Morgan fingerprint density at radius 2 is 1.89 bits per heavy atom. The minimum absolute atomic E-state index is 0.0109. The Morgan fingerprint density at radius 3 is 2.31 bits per heavy atom. The summed E-state index contributed by atoms with van der Waals surface area (Å²) in [5, 5.41) is 18.5. The molecule has 2 heterocycles. The largest absolute Gasteiger partial charge is 0.490 e. The number of sulfonamides is 1. The zero-order chi connectivity index (χ0) is 26.6. The Labute approximate surface area is 198 Å². The summed E-state index contributed by atoms with van der Waals surface area (Å²) < 4.78 is 76.3. The van der Waals surface area contributed by atoms with Crippen LogP contribution in [0.2, 0.25) is 0 Å². The van der Waals surface area contributed by atoms with Crippen LogP contribution in [-0.4, -0.2) is 85.4 Å². The number of amides is 1. The summed E-state index contributed by atoms with van der Waals surface area (Å²) in [7, 11) is -3.73. The second-order valence-electron chi connectivity index (χ2n) is 7.09. The van der Waals surface area contributed by atoms with Crippen molar-refractivity contribution in [2.45, 2.75) is 23.9 Å². The first-order chi connectivity index (χ1) is 16.4. The maximum atomic E-state index is 12.7. The van der Waals surface area contributed by atoms with Gasteiger partial charge in [0.2, 0.25) is 21.8 Å². The maximum Gasteiger partial charge on any atom is 0.490 e. The van der Waals surface area contributed by atoms with Crippen LogP contribution in [0.15, 0.2) is 35.1 Å². The van der Waals surface area contributed by atoms with Gasteiger partial charge in [0, 0.05) is 43.7 Å². The number of ether oxygens (including phenoxy) is 1. The van der Waals surface area contributed by atoms with Gasteiger partial charge in [-0.1, -0.05) is 0 Å². The van der Waals surface area contributed by atoms with E-state index in [1.165, 1.54) is 22.6 Å². The van der Waals surface area contributed by atoms with Gasteiger partial charge in [-0.05, 0) is 18.9 Å². The van der Waals surface area contributed by atoms with Crippen molar-refractivity contribution in [3.05, 3.63) is 30.2 Å². The van der Waals surface area contributed by atoms with Crippen LogP contribution in [0.1, 0.15) is 12.8 Å². The average Bonchev–Trinajstić information content (AvgIpc) is 2.83. The molecule has 0 spiro atoms. The third-order valence-electron chi connectivity index (χ3n) is 4.65. The standard InChI is InChI=1S/C17H25FN4O5S.C2HF3O2/c18-9-13(10-19)12-27-16-2-1-15(11-21-16)28(25,26)22-6-3-14(4-7-22)17(24)20-5-8-23;3-2(4,5)1(6)7/h1-2,9,11,14,23H,3-8,10,12,19H2,(H,20,24);(H,6,7)/b13-9+;. The molecular weight excluding hydrogens is 504 g/mol. The minimum Gasteiger partial charge on any atom is -0.475 e. The van der Waals surface area contributed by atoms with Gasteiger partial charge in [-0.2, -0.15) is 17.5 Å². The number of aliphatic hydroxyl groups is 1. The first-order valence-electron chi connectivity index (χ1n) is 10.1. The number of halogens is 4. The van der Waals surface area contributed by atoms with Gasteiger partial charge in [-0.3, -0.25) is 4.79 Å². The molecular formula is C19H26F4N4O7S. The van der Waals surface area contributed by atoms with Crippen LogP contribution in [0.5, 0.6) is 5.88 Å². The number of hydrogen-bond donors (Lipinski definition) is 4. The van der Waals surface area contributed by atoms with Gasteiger partial charge in [-0.15, -0.1) is 0 Å². The van der Waals surface area contributed by atoms with Crippen LogP contribution in [0.25, 0.3) is 0 Å². The van der Waals surface area contributed by atoms with E-state index in [9.17, 15) is 30.8 Å². The number of carboxylic acid groups (broad SMARTS) is 1. The van der Waals surface area contributed by atoms with Crippen LogP contribution in [0, 0.1) is 5.92 Å². The van der Waals surface area contributed by atoms with Gasteiger partial charge < -0.3 is 26.0 Å². The SMILES string of the molecule is NC/C(=C\F)COc1ccc(S(=O)(=O)N2CCC(C(=O)NCCO)CC2)cn1.O=C(O)C(F)(F)F. The Morgan fingerprint density at radius 1 is 1.29 bits per heavy atom. The highest BCUT2D eigenvalue weighted by Gasteiger charge is 2.38. The molecule has 0 saturated carbocycles. The highest BCUT2D eigenvalue weighted by molar-refractivity contribution is 7.89. The van der Waals surface area contributed by atoms with Crippen molar-refractivity contribution in [1.29, 1.82) is 0 Å². The Bertz CT molecular complexity index is 964. The zero-order valence-corrected chi connectivity index (χ0v) is 19.2. The molecule has 2 rings (SSSR count). The van der Waals surface area contributed by atoms with E-state index in [2.05, 4.69) is 10.3 Å². The lowest BCUT2D eigenvalue weighted by Crippen LogP contribution is -2.43. The quantitative estimate of drug-likeness (QED) is 0.330. The molecule has 11 nitrogen and oxygen atoms in total. The molecule has 0 unspecified atom stereocenters. The van der Waals surface area contributed by atoms with Gasteiger partial charge in [-0.25, -0.2) is 22.6 Å². The van der Waals surface area contributed by atoms with Gasteiger partial charge >= 0.3 is 12.1 Å². The number of carboxylic acids is 1. The van der Waals surface area contributed by atoms with Crippen LogP contribution in [0.4, 0.5) is 17.6 Å². The fourth-order valence-corrected chi connectivity index (χ4v) is 4.15. The number of nitrogens with two attached hydrogens (primary N) is 1. The highest BCUT2D eigenvalue weighted by atomic mass is 32.2. The van der Waals surface area contributed by atoms with Crippen molar-refractivity contribution < 1.29 is 50.5 Å². The number of carbonyl (C=O) groups is 2. The average molecular weight is 530 g/mol. The lowest BCUT2D eigenvalue weighted by molar-refractivity contribution is -0.192. The number of alkyl halides is 3. The summed E-state index contributed by atoms with van der Waals surface area (Å²) in [6.07, 6.45) is -2.72. The normalized spacial score (nSPS) is 15.7. The molecule has 1 aliphatic rings. The Balaban J connectivity index is 0.000000762. The molecule has 1 aromatic heterocycles. The van der Waals surface area contributed by atoms with Crippen LogP contribution >= 0.6 is 0 Å². The van der Waals surface area contributed by atoms with Crippen molar-refractivity contribution >= 4 is 21.9 Å². The van der Waals surface area contributed by atoms with E-state index in [1.54, 1.807) is 0 Å². The lowest BCUT2D eigenvalue weighted by atomic mass is 9.97. The number of aliphatic hydroxyl groups excluding tert-OH is 1. The van der Waals surface area contributed by atoms with Crippen molar-refractivity contribution in [3.8, 4) is 5.88 Å². The first-order valence-corrected chi connectivity index (χ1v) is 11.6. The Kier molecular flexibility index (Phi) is 12.0. The third-order valence-corrected chi connectivity index (χ3v) is 6.53. The van der Waals surface area contributed by atoms with E-state index in [0.717, 1.165) is 0 Å². The van der Waals surface area contributed by atoms with E-state index in [1.807, 2.05) is 0 Å². The topological polar surface area (TPSA) is 172 Å². The van der Waals surface area contributed by atoms with Gasteiger partial charge in [0.1, 0.15) is 11.5 Å². The summed E-state index contributed by atoms with van der Waals surface area (Å²) in [6, 6.07) is 2.77. The van der Waals surface area contributed by atoms with E-state index in [4.69, 9.17) is 25.5 Å². The van der Waals surface area contributed by atoms with Crippen LogP contribution in [0.3, 0.4) is 0 Å². The second-order valence-corrected chi connectivity index (χ2v) is 9.03. The number of piperidine rings is 1. The zero-order valence-electron chi connectivity index (χ0n) is 18.4. The number of hydrogen-bond acceptors (Lipinski definition) is 8. The van der Waals surface area contributed by atoms with Crippen molar-refractivity contribution in [2.24, 2.45) is 11.7 Å². The van der Waals surface area contributed by atoms with E-state index in [-0.39, 0.29) is 67.6 Å². The minimum atomic E-state index is -5.08.